The SMILES string of the molecule is CC1=C(c2c3c(ccc2=C(C)C)=c2ccccc2=C3)CC=C1. The lowest BCUT2D eigenvalue weighted by atomic mass is 9.92. The fourth-order valence-electron chi connectivity index (χ4n) is 3.68. The number of hydrogen-bond acceptors (Lipinski definition) is 0. The molecule has 0 heterocycles. The summed E-state index contributed by atoms with van der Waals surface area (Å²) in [7, 11) is 0. The van der Waals surface area contributed by atoms with Crippen molar-refractivity contribution in [2.45, 2.75) is 27.2 Å². The van der Waals surface area contributed by atoms with Gasteiger partial charge in [-0.1, -0.05) is 54.1 Å². The fraction of sp³-hybridized carbons (Fsp3) is 0.182. The van der Waals surface area contributed by atoms with Gasteiger partial charge in [0.2, 0.25) is 0 Å². The molecule has 0 spiro atoms. The van der Waals surface area contributed by atoms with Gasteiger partial charge < -0.3 is 0 Å². The van der Waals surface area contributed by atoms with Crippen molar-refractivity contribution in [2.75, 3.05) is 0 Å². The number of hydrogen-bond donors (Lipinski definition) is 0. The van der Waals surface area contributed by atoms with Crippen molar-refractivity contribution < 1.29 is 0 Å². The molecule has 0 aliphatic heterocycles. The van der Waals surface area contributed by atoms with E-state index in [2.05, 4.69) is 75.4 Å². The Hall–Kier alpha value is -2.34. The van der Waals surface area contributed by atoms with Crippen LogP contribution in [-0.4, -0.2) is 0 Å². The van der Waals surface area contributed by atoms with E-state index in [-0.39, 0.29) is 0 Å². The van der Waals surface area contributed by atoms with Crippen LogP contribution in [0.4, 0.5) is 0 Å². The maximum absolute atomic E-state index is 2.37. The molecule has 2 aliphatic rings. The molecule has 108 valence electrons. The largest absolute Gasteiger partial charge is 0.0798 e. The van der Waals surface area contributed by atoms with E-state index in [9.17, 15) is 0 Å². The van der Waals surface area contributed by atoms with Crippen molar-refractivity contribution in [2.24, 2.45) is 0 Å². The predicted octanol–water partition coefficient (Wildman–Crippen LogP) is 4.04. The maximum atomic E-state index is 2.37. The van der Waals surface area contributed by atoms with Gasteiger partial charge in [-0.3, -0.25) is 0 Å². The molecular formula is C22H20. The van der Waals surface area contributed by atoms with E-state index in [1.807, 2.05) is 0 Å². The van der Waals surface area contributed by atoms with E-state index in [1.54, 1.807) is 0 Å². The standard InChI is InChI=1S/C22H20/c1-14(2)17-11-12-20-19-9-5-4-8-16(19)13-21(20)22(17)18-10-6-7-15(18)3/h4-9,11-13H,10H2,1-3H3. The van der Waals surface area contributed by atoms with Crippen LogP contribution in [0.1, 0.15) is 38.3 Å². The molecule has 0 fully saturated rings. The molecule has 0 nitrogen and oxygen atoms in total. The van der Waals surface area contributed by atoms with E-state index in [0.717, 1.165) is 6.42 Å². The molecule has 4 rings (SSSR count). The summed E-state index contributed by atoms with van der Waals surface area (Å²) in [5.74, 6) is 0. The summed E-state index contributed by atoms with van der Waals surface area (Å²) in [5, 5.41) is 5.47. The molecule has 0 amide bonds. The van der Waals surface area contributed by atoms with Gasteiger partial charge in [-0.2, -0.15) is 0 Å². The van der Waals surface area contributed by atoms with Crippen LogP contribution in [0.5, 0.6) is 0 Å². The van der Waals surface area contributed by atoms with Gasteiger partial charge in [0.25, 0.3) is 0 Å². The minimum atomic E-state index is 1.05. The molecule has 0 bridgehead atoms. The summed E-state index contributed by atoms with van der Waals surface area (Å²) in [6, 6.07) is 13.3. The Kier molecular flexibility index (Phi) is 2.94. The van der Waals surface area contributed by atoms with Gasteiger partial charge in [-0.25, -0.2) is 0 Å². The Labute approximate surface area is 131 Å². The van der Waals surface area contributed by atoms with Crippen LogP contribution in [-0.2, 0) is 0 Å². The van der Waals surface area contributed by atoms with Crippen molar-refractivity contribution in [3.63, 3.8) is 0 Å². The summed E-state index contributed by atoms with van der Waals surface area (Å²) in [6.07, 6.45) is 7.95. The Morgan fingerprint density at radius 3 is 2.50 bits per heavy atom. The van der Waals surface area contributed by atoms with E-state index < -0.39 is 0 Å². The molecule has 22 heavy (non-hydrogen) atoms. The van der Waals surface area contributed by atoms with Gasteiger partial charge in [0.05, 0.1) is 0 Å². The number of allylic oxidation sites excluding steroid dienone is 4. The summed E-state index contributed by atoms with van der Waals surface area (Å²) >= 11 is 0. The first-order chi connectivity index (χ1) is 10.7. The maximum Gasteiger partial charge on any atom is -0.00677 e. The Morgan fingerprint density at radius 2 is 1.77 bits per heavy atom. The molecule has 0 saturated heterocycles. The summed E-state index contributed by atoms with van der Waals surface area (Å²) in [4.78, 5) is 0. The number of benzene rings is 2. The zero-order valence-electron chi connectivity index (χ0n) is 13.4. The van der Waals surface area contributed by atoms with Crippen LogP contribution in [0.3, 0.4) is 0 Å². The average molecular weight is 284 g/mol. The summed E-state index contributed by atoms with van der Waals surface area (Å²) < 4.78 is 0. The van der Waals surface area contributed by atoms with Crippen LogP contribution in [0, 0.1) is 10.4 Å². The van der Waals surface area contributed by atoms with E-state index in [0.29, 0.717) is 0 Å². The van der Waals surface area contributed by atoms with Gasteiger partial charge in [-0.15, -0.1) is 0 Å². The van der Waals surface area contributed by atoms with Gasteiger partial charge >= 0.3 is 0 Å². The molecule has 0 atom stereocenters. The minimum absolute atomic E-state index is 1.05. The molecule has 2 aliphatic carbocycles. The Morgan fingerprint density at radius 1 is 0.955 bits per heavy atom. The number of fused-ring (bicyclic) bond motifs is 2. The highest BCUT2D eigenvalue weighted by molar-refractivity contribution is 5.82. The Balaban J connectivity index is 2.22. The van der Waals surface area contributed by atoms with Crippen molar-refractivity contribution in [3.8, 4) is 0 Å². The van der Waals surface area contributed by atoms with Gasteiger partial charge in [0.1, 0.15) is 0 Å². The van der Waals surface area contributed by atoms with E-state index in [4.69, 9.17) is 0 Å². The van der Waals surface area contributed by atoms with Crippen LogP contribution in [0.25, 0.3) is 17.2 Å². The van der Waals surface area contributed by atoms with Crippen molar-refractivity contribution in [1.82, 2.24) is 0 Å². The molecule has 0 aromatic heterocycles. The monoisotopic (exact) mass is 284 g/mol. The minimum Gasteiger partial charge on any atom is -0.0798 e. The van der Waals surface area contributed by atoms with Crippen LogP contribution >= 0.6 is 0 Å². The second-order valence-corrected chi connectivity index (χ2v) is 6.45. The normalized spacial score (nSPS) is 14.9. The lowest BCUT2D eigenvalue weighted by molar-refractivity contribution is 1.33. The quantitative estimate of drug-likeness (QED) is 0.632. The lowest BCUT2D eigenvalue weighted by Gasteiger charge is -2.12. The molecule has 0 heteroatoms. The van der Waals surface area contributed by atoms with Crippen molar-refractivity contribution in [3.05, 3.63) is 86.1 Å². The predicted molar refractivity (Wildman–Crippen MR) is 94.5 cm³/mol. The zero-order chi connectivity index (χ0) is 15.3. The van der Waals surface area contributed by atoms with Crippen LogP contribution in [0.2, 0.25) is 0 Å². The summed E-state index contributed by atoms with van der Waals surface area (Å²) in [6.45, 7) is 6.66. The lowest BCUT2D eigenvalue weighted by Crippen LogP contribution is -2.13. The average Bonchev–Trinajstić information content (AvgIpc) is 3.09. The topological polar surface area (TPSA) is 0 Å². The van der Waals surface area contributed by atoms with Crippen LogP contribution < -0.4 is 10.4 Å². The van der Waals surface area contributed by atoms with Gasteiger partial charge in [-0.05, 0) is 76.4 Å². The first-order valence-corrected chi connectivity index (χ1v) is 7.95. The first kappa shape index (κ1) is 13.3. The van der Waals surface area contributed by atoms with E-state index >= 15 is 0 Å². The number of rotatable bonds is 1. The van der Waals surface area contributed by atoms with Gasteiger partial charge in [0, 0.05) is 0 Å². The Bertz CT molecular complexity index is 1060. The molecule has 0 N–H and O–H groups in total. The molecule has 0 saturated carbocycles. The second kappa shape index (κ2) is 4.84. The molecule has 2 aromatic rings. The molecule has 0 unspecified atom stereocenters. The highest BCUT2D eigenvalue weighted by atomic mass is 14.2. The third-order valence-corrected chi connectivity index (χ3v) is 4.80. The summed E-state index contributed by atoms with van der Waals surface area (Å²) in [5.41, 5.74) is 7.11. The third-order valence-electron chi connectivity index (χ3n) is 4.80. The molecule has 2 aromatic carbocycles. The molecule has 0 radical (unpaired) electrons. The van der Waals surface area contributed by atoms with Crippen molar-refractivity contribution >= 4 is 17.2 Å². The first-order valence-electron chi connectivity index (χ1n) is 7.95. The second-order valence-electron chi connectivity index (χ2n) is 6.45. The van der Waals surface area contributed by atoms with E-state index in [1.165, 1.54) is 48.7 Å². The smallest absolute Gasteiger partial charge is 0.00677 e. The van der Waals surface area contributed by atoms with Crippen LogP contribution in [0.15, 0.2) is 54.1 Å². The molecular weight excluding hydrogens is 264 g/mol. The van der Waals surface area contributed by atoms with Crippen molar-refractivity contribution in [1.29, 1.82) is 0 Å². The highest BCUT2D eigenvalue weighted by Gasteiger charge is 2.16. The third kappa shape index (κ3) is 1.84. The fourth-order valence-corrected chi connectivity index (χ4v) is 3.68. The highest BCUT2D eigenvalue weighted by Crippen LogP contribution is 2.30. The van der Waals surface area contributed by atoms with Gasteiger partial charge in [0.15, 0.2) is 0 Å². The zero-order valence-corrected chi connectivity index (χ0v) is 13.4.